The number of hydrogen-bond donors (Lipinski definition) is 1. The molecule has 6 heteroatoms. The van der Waals surface area contributed by atoms with E-state index in [9.17, 15) is 17.6 Å². The number of halogens is 4. The first-order valence-electron chi connectivity index (χ1n) is 7.16. The average Bonchev–Trinajstić information content (AvgIpc) is 2.40. The number of piperidine rings is 1. The average molecular weight is 304 g/mol. The van der Waals surface area contributed by atoms with Gasteiger partial charge in [-0.05, 0) is 50.1 Å². The van der Waals surface area contributed by atoms with Crippen LogP contribution < -0.4 is 5.73 Å². The molecule has 0 amide bonds. The largest absolute Gasteiger partial charge is 0.416 e. The van der Waals surface area contributed by atoms with Gasteiger partial charge in [0.15, 0.2) is 0 Å². The first kappa shape index (κ1) is 16.2. The monoisotopic (exact) mass is 304 g/mol. The molecule has 1 saturated heterocycles. The predicted octanol–water partition coefficient (Wildman–Crippen LogP) is 3.72. The Hall–Kier alpha value is -1.14. The lowest BCUT2D eigenvalue weighted by Gasteiger charge is -2.39. The van der Waals surface area contributed by atoms with Crippen molar-refractivity contribution in [2.45, 2.75) is 44.4 Å². The van der Waals surface area contributed by atoms with Gasteiger partial charge < -0.3 is 5.73 Å². The Morgan fingerprint density at radius 3 is 2.57 bits per heavy atom. The van der Waals surface area contributed by atoms with Crippen LogP contribution in [0, 0.1) is 5.82 Å². The van der Waals surface area contributed by atoms with Crippen LogP contribution in [0.5, 0.6) is 0 Å². The van der Waals surface area contributed by atoms with Crippen molar-refractivity contribution in [2.75, 3.05) is 13.1 Å². The van der Waals surface area contributed by atoms with Gasteiger partial charge in [0, 0.05) is 18.6 Å². The van der Waals surface area contributed by atoms with Crippen LogP contribution >= 0.6 is 0 Å². The van der Waals surface area contributed by atoms with E-state index in [2.05, 4.69) is 4.90 Å². The number of nitrogens with zero attached hydrogens (tertiary/aromatic N) is 1. The van der Waals surface area contributed by atoms with Gasteiger partial charge in [0.1, 0.15) is 5.82 Å². The number of rotatable bonds is 3. The molecule has 1 fully saturated rings. The van der Waals surface area contributed by atoms with E-state index in [4.69, 9.17) is 5.73 Å². The molecule has 0 bridgehead atoms. The fourth-order valence-corrected chi connectivity index (χ4v) is 3.01. The summed E-state index contributed by atoms with van der Waals surface area (Å²) in [4.78, 5) is 2.08. The van der Waals surface area contributed by atoms with Crippen molar-refractivity contribution in [3.8, 4) is 0 Å². The molecule has 21 heavy (non-hydrogen) atoms. The summed E-state index contributed by atoms with van der Waals surface area (Å²) in [6.45, 7) is 2.98. The van der Waals surface area contributed by atoms with Gasteiger partial charge in [0.05, 0.1) is 5.56 Å². The normalized spacial score (nSPS) is 22.3. The van der Waals surface area contributed by atoms with E-state index in [0.717, 1.165) is 37.9 Å². The summed E-state index contributed by atoms with van der Waals surface area (Å²) < 4.78 is 52.0. The van der Waals surface area contributed by atoms with E-state index in [-0.39, 0.29) is 18.6 Å². The molecular formula is C15H20F4N2. The van der Waals surface area contributed by atoms with Crippen LogP contribution in [0.2, 0.25) is 0 Å². The van der Waals surface area contributed by atoms with Crippen LogP contribution in [0.15, 0.2) is 18.2 Å². The highest BCUT2D eigenvalue weighted by atomic mass is 19.4. The highest BCUT2D eigenvalue weighted by Crippen LogP contribution is 2.34. The third kappa shape index (κ3) is 3.74. The molecule has 2 rings (SSSR count). The van der Waals surface area contributed by atoms with Gasteiger partial charge in [0.25, 0.3) is 0 Å². The quantitative estimate of drug-likeness (QED) is 0.862. The minimum Gasteiger partial charge on any atom is -0.329 e. The molecule has 118 valence electrons. The van der Waals surface area contributed by atoms with Crippen LogP contribution in [0.4, 0.5) is 17.6 Å². The van der Waals surface area contributed by atoms with Crippen molar-refractivity contribution in [2.24, 2.45) is 5.73 Å². The molecule has 2 N–H and O–H groups in total. The van der Waals surface area contributed by atoms with Crippen molar-refractivity contribution < 1.29 is 17.6 Å². The molecule has 2 unspecified atom stereocenters. The summed E-state index contributed by atoms with van der Waals surface area (Å²) in [6.07, 6.45) is -1.48. The molecule has 2 atom stereocenters. The second-order valence-corrected chi connectivity index (χ2v) is 5.61. The van der Waals surface area contributed by atoms with Gasteiger partial charge >= 0.3 is 6.18 Å². The molecule has 0 radical (unpaired) electrons. The third-order valence-corrected chi connectivity index (χ3v) is 4.11. The maximum Gasteiger partial charge on any atom is 0.416 e. The Kier molecular flexibility index (Phi) is 4.88. The van der Waals surface area contributed by atoms with E-state index in [1.807, 2.05) is 6.92 Å². The SMILES string of the molecule is CC1CCCCN1C(CN)c1cc(F)cc(C(F)(F)F)c1. The molecule has 0 saturated carbocycles. The number of alkyl halides is 3. The molecule has 1 aromatic rings. The Balaban J connectivity index is 2.35. The molecule has 2 nitrogen and oxygen atoms in total. The van der Waals surface area contributed by atoms with Crippen LogP contribution in [-0.4, -0.2) is 24.0 Å². The van der Waals surface area contributed by atoms with Gasteiger partial charge in [0.2, 0.25) is 0 Å². The lowest BCUT2D eigenvalue weighted by Crippen LogP contribution is -2.43. The first-order valence-corrected chi connectivity index (χ1v) is 7.16. The number of nitrogens with two attached hydrogens (primary N) is 1. The van der Waals surface area contributed by atoms with Gasteiger partial charge in [-0.2, -0.15) is 13.2 Å². The third-order valence-electron chi connectivity index (χ3n) is 4.11. The Labute approximate surface area is 121 Å². The van der Waals surface area contributed by atoms with E-state index in [0.29, 0.717) is 11.6 Å². The summed E-state index contributed by atoms with van der Waals surface area (Å²) in [5.74, 6) is -0.872. The van der Waals surface area contributed by atoms with Gasteiger partial charge in [-0.25, -0.2) is 4.39 Å². The van der Waals surface area contributed by atoms with E-state index in [1.54, 1.807) is 0 Å². The predicted molar refractivity (Wildman–Crippen MR) is 73.2 cm³/mol. The number of hydrogen-bond acceptors (Lipinski definition) is 2. The summed E-state index contributed by atoms with van der Waals surface area (Å²) >= 11 is 0. The molecule has 1 aliphatic rings. The van der Waals surface area contributed by atoms with Crippen LogP contribution in [0.1, 0.15) is 43.4 Å². The van der Waals surface area contributed by atoms with Crippen molar-refractivity contribution >= 4 is 0 Å². The maximum absolute atomic E-state index is 13.6. The molecule has 0 aliphatic carbocycles. The second kappa shape index (κ2) is 6.32. The molecule has 1 heterocycles. The smallest absolute Gasteiger partial charge is 0.329 e. The lowest BCUT2D eigenvalue weighted by atomic mass is 9.96. The molecule has 0 spiro atoms. The van der Waals surface area contributed by atoms with Crippen LogP contribution in [-0.2, 0) is 6.18 Å². The van der Waals surface area contributed by atoms with Gasteiger partial charge in [-0.3, -0.25) is 4.90 Å². The van der Waals surface area contributed by atoms with E-state index >= 15 is 0 Å². The zero-order valence-electron chi connectivity index (χ0n) is 12.0. The summed E-state index contributed by atoms with van der Waals surface area (Å²) in [5, 5.41) is 0. The van der Waals surface area contributed by atoms with E-state index < -0.39 is 17.6 Å². The van der Waals surface area contributed by atoms with Crippen molar-refractivity contribution in [3.63, 3.8) is 0 Å². The highest BCUT2D eigenvalue weighted by Gasteiger charge is 2.33. The maximum atomic E-state index is 13.6. The second-order valence-electron chi connectivity index (χ2n) is 5.61. The zero-order chi connectivity index (χ0) is 15.6. The molecule has 1 aliphatic heterocycles. The molecule has 1 aromatic carbocycles. The summed E-state index contributed by atoms with van der Waals surface area (Å²) in [5.41, 5.74) is 5.11. The zero-order valence-corrected chi connectivity index (χ0v) is 12.0. The Morgan fingerprint density at radius 2 is 2.00 bits per heavy atom. The van der Waals surface area contributed by atoms with Crippen molar-refractivity contribution in [1.29, 1.82) is 0 Å². The minimum absolute atomic E-state index is 0.172. The number of likely N-dealkylation sites (tertiary alicyclic amines) is 1. The standard InChI is InChI=1S/C15H20F4N2/c1-10-4-2-3-5-21(10)14(9-20)11-6-12(15(17,18)19)8-13(16)7-11/h6-8,10,14H,2-5,9,20H2,1H3. The fraction of sp³-hybridized carbons (Fsp3) is 0.600. The Bertz CT molecular complexity index is 487. The van der Waals surface area contributed by atoms with Crippen LogP contribution in [0.3, 0.4) is 0 Å². The van der Waals surface area contributed by atoms with Crippen molar-refractivity contribution in [3.05, 3.63) is 35.1 Å². The first-order chi connectivity index (χ1) is 9.82. The lowest BCUT2D eigenvalue weighted by molar-refractivity contribution is -0.137. The van der Waals surface area contributed by atoms with Gasteiger partial charge in [-0.15, -0.1) is 0 Å². The van der Waals surface area contributed by atoms with Crippen LogP contribution in [0.25, 0.3) is 0 Å². The van der Waals surface area contributed by atoms with Crippen molar-refractivity contribution in [1.82, 2.24) is 4.90 Å². The molecular weight excluding hydrogens is 284 g/mol. The fourth-order valence-electron chi connectivity index (χ4n) is 3.01. The van der Waals surface area contributed by atoms with Gasteiger partial charge in [-0.1, -0.05) is 6.42 Å². The Morgan fingerprint density at radius 1 is 1.29 bits per heavy atom. The summed E-state index contributed by atoms with van der Waals surface area (Å²) in [7, 11) is 0. The highest BCUT2D eigenvalue weighted by molar-refractivity contribution is 5.29. The van der Waals surface area contributed by atoms with E-state index in [1.165, 1.54) is 0 Å². The number of benzene rings is 1. The molecule has 0 aromatic heterocycles. The minimum atomic E-state index is -4.55. The summed E-state index contributed by atoms with van der Waals surface area (Å²) in [6, 6.07) is 2.56. The topological polar surface area (TPSA) is 29.3 Å².